The van der Waals surface area contributed by atoms with E-state index in [1.54, 1.807) is 0 Å². The normalized spacial score (nSPS) is 10.4. The van der Waals surface area contributed by atoms with Gasteiger partial charge >= 0.3 is 0 Å². The standard InChI is InChI=1S/C8H7Cl2/c1-6(9)7-2-4-8(10)5-3-7/h2-5H,1H3. The molecule has 0 atom stereocenters. The van der Waals surface area contributed by atoms with Gasteiger partial charge in [-0.1, -0.05) is 23.7 Å². The summed E-state index contributed by atoms with van der Waals surface area (Å²) >= 11 is 11.4. The molecule has 0 saturated heterocycles. The van der Waals surface area contributed by atoms with Crippen LogP contribution >= 0.6 is 23.2 Å². The Balaban J connectivity index is 2.89. The van der Waals surface area contributed by atoms with Crippen LogP contribution in [0.5, 0.6) is 0 Å². The Morgan fingerprint density at radius 2 is 1.70 bits per heavy atom. The summed E-state index contributed by atoms with van der Waals surface area (Å²) in [5, 5.41) is 1.53. The minimum atomic E-state index is 0.738. The molecule has 0 nitrogen and oxygen atoms in total. The molecule has 0 N–H and O–H groups in total. The first-order valence-corrected chi connectivity index (χ1v) is 3.71. The summed E-state index contributed by atoms with van der Waals surface area (Å²) < 4.78 is 0. The Kier molecular flexibility index (Phi) is 2.58. The lowest BCUT2D eigenvalue weighted by Crippen LogP contribution is -1.82. The van der Waals surface area contributed by atoms with Gasteiger partial charge in [0.25, 0.3) is 0 Å². The van der Waals surface area contributed by atoms with Crippen molar-refractivity contribution in [3.63, 3.8) is 0 Å². The summed E-state index contributed by atoms with van der Waals surface area (Å²) in [4.78, 5) is 0. The Morgan fingerprint density at radius 1 is 1.20 bits per heavy atom. The van der Waals surface area contributed by atoms with Crippen LogP contribution in [0.15, 0.2) is 24.3 Å². The molecule has 0 aliphatic rings. The van der Waals surface area contributed by atoms with Gasteiger partial charge in [0.1, 0.15) is 0 Å². The predicted octanol–water partition coefficient (Wildman–Crippen LogP) is 3.48. The van der Waals surface area contributed by atoms with Crippen LogP contribution in [0.2, 0.25) is 5.02 Å². The van der Waals surface area contributed by atoms with Crippen LogP contribution in [0, 0.1) is 5.38 Å². The van der Waals surface area contributed by atoms with E-state index < -0.39 is 0 Å². The highest BCUT2D eigenvalue weighted by Crippen LogP contribution is 2.19. The summed E-state index contributed by atoms with van der Waals surface area (Å²) in [6.07, 6.45) is 0. The van der Waals surface area contributed by atoms with E-state index in [9.17, 15) is 0 Å². The predicted molar refractivity (Wildman–Crippen MR) is 45.3 cm³/mol. The van der Waals surface area contributed by atoms with Crippen molar-refractivity contribution in [2.24, 2.45) is 0 Å². The Morgan fingerprint density at radius 3 is 2.10 bits per heavy atom. The molecule has 0 bridgehead atoms. The van der Waals surface area contributed by atoms with Crippen molar-refractivity contribution < 1.29 is 0 Å². The molecular weight excluding hydrogens is 167 g/mol. The van der Waals surface area contributed by atoms with Gasteiger partial charge < -0.3 is 0 Å². The smallest absolute Gasteiger partial charge is 0.0896 e. The van der Waals surface area contributed by atoms with Crippen LogP contribution in [0.1, 0.15) is 12.5 Å². The number of hydrogen-bond donors (Lipinski definition) is 0. The van der Waals surface area contributed by atoms with E-state index in [2.05, 4.69) is 0 Å². The summed E-state index contributed by atoms with van der Waals surface area (Å²) in [6, 6.07) is 7.43. The maximum Gasteiger partial charge on any atom is 0.0896 e. The van der Waals surface area contributed by atoms with E-state index in [1.165, 1.54) is 0 Å². The lowest BCUT2D eigenvalue weighted by Gasteiger charge is -1.99. The van der Waals surface area contributed by atoms with Gasteiger partial charge in [-0.2, -0.15) is 0 Å². The average Bonchev–Trinajstić information content (AvgIpc) is 1.88. The van der Waals surface area contributed by atoms with Crippen molar-refractivity contribution in [2.45, 2.75) is 6.92 Å². The monoisotopic (exact) mass is 173 g/mol. The zero-order valence-corrected chi connectivity index (χ0v) is 7.08. The number of rotatable bonds is 1. The fourth-order valence-corrected chi connectivity index (χ4v) is 0.932. The molecular formula is C8H7Cl2. The first-order valence-electron chi connectivity index (χ1n) is 2.95. The highest BCUT2D eigenvalue weighted by molar-refractivity contribution is 6.31. The maximum absolute atomic E-state index is 5.73. The summed E-state index contributed by atoms with van der Waals surface area (Å²) in [6.45, 7) is 1.85. The highest BCUT2D eigenvalue weighted by Gasteiger charge is 1.99. The van der Waals surface area contributed by atoms with Gasteiger partial charge in [-0.15, -0.1) is 11.6 Å². The van der Waals surface area contributed by atoms with Crippen LogP contribution in [0.4, 0.5) is 0 Å². The van der Waals surface area contributed by atoms with Gasteiger partial charge in [-0.05, 0) is 24.6 Å². The van der Waals surface area contributed by atoms with Crippen LogP contribution in [-0.4, -0.2) is 0 Å². The van der Waals surface area contributed by atoms with Crippen LogP contribution in [0.25, 0.3) is 0 Å². The first-order chi connectivity index (χ1) is 4.70. The van der Waals surface area contributed by atoms with E-state index >= 15 is 0 Å². The SMILES string of the molecule is C[C](Cl)c1ccc(Cl)cc1. The second kappa shape index (κ2) is 3.27. The zero-order chi connectivity index (χ0) is 7.56. The molecule has 0 spiro atoms. The molecule has 1 aromatic rings. The zero-order valence-electron chi connectivity index (χ0n) is 5.57. The Hall–Kier alpha value is -0.200. The topological polar surface area (TPSA) is 0 Å². The summed E-state index contributed by atoms with van der Waals surface area (Å²) in [7, 11) is 0. The van der Waals surface area contributed by atoms with Crippen molar-refractivity contribution in [2.75, 3.05) is 0 Å². The van der Waals surface area contributed by atoms with Crippen molar-refractivity contribution >= 4 is 23.2 Å². The third-order valence-electron chi connectivity index (χ3n) is 1.24. The Labute approximate surface area is 70.8 Å². The van der Waals surface area contributed by atoms with Gasteiger partial charge in [0, 0.05) is 5.02 Å². The molecule has 0 aromatic heterocycles. The second-order valence-electron chi connectivity index (χ2n) is 2.04. The largest absolute Gasteiger partial charge is 0.112 e. The van der Waals surface area contributed by atoms with Crippen LogP contribution < -0.4 is 0 Å². The number of halogens is 2. The first kappa shape index (κ1) is 7.90. The molecule has 0 amide bonds. The van der Waals surface area contributed by atoms with Crippen molar-refractivity contribution in [3.8, 4) is 0 Å². The quantitative estimate of drug-likeness (QED) is 0.611. The summed E-state index contributed by atoms with van der Waals surface area (Å²) in [5.41, 5.74) is 1.02. The van der Waals surface area contributed by atoms with Crippen molar-refractivity contribution in [1.82, 2.24) is 0 Å². The number of hydrogen-bond acceptors (Lipinski definition) is 0. The lowest BCUT2D eigenvalue weighted by atomic mass is 10.2. The molecule has 0 aliphatic heterocycles. The van der Waals surface area contributed by atoms with Gasteiger partial charge in [0.05, 0.1) is 5.38 Å². The van der Waals surface area contributed by atoms with E-state index in [4.69, 9.17) is 23.2 Å². The minimum Gasteiger partial charge on any atom is -0.112 e. The molecule has 0 unspecified atom stereocenters. The van der Waals surface area contributed by atoms with E-state index in [1.807, 2.05) is 31.2 Å². The second-order valence-corrected chi connectivity index (χ2v) is 3.04. The average molecular weight is 174 g/mol. The van der Waals surface area contributed by atoms with Gasteiger partial charge in [0.2, 0.25) is 0 Å². The molecule has 1 aromatic carbocycles. The van der Waals surface area contributed by atoms with E-state index in [0.717, 1.165) is 16.0 Å². The molecule has 0 aliphatic carbocycles. The molecule has 53 valence electrons. The van der Waals surface area contributed by atoms with Gasteiger partial charge in [-0.3, -0.25) is 0 Å². The van der Waals surface area contributed by atoms with Crippen molar-refractivity contribution in [1.29, 1.82) is 0 Å². The Bertz CT molecular complexity index is 201. The van der Waals surface area contributed by atoms with Gasteiger partial charge in [0.15, 0.2) is 0 Å². The minimum absolute atomic E-state index is 0.738. The summed E-state index contributed by atoms with van der Waals surface area (Å²) in [5.74, 6) is 0. The number of benzene rings is 1. The van der Waals surface area contributed by atoms with E-state index in [-0.39, 0.29) is 0 Å². The van der Waals surface area contributed by atoms with Crippen LogP contribution in [-0.2, 0) is 0 Å². The molecule has 0 saturated carbocycles. The fraction of sp³-hybridized carbons (Fsp3) is 0.125. The lowest BCUT2D eigenvalue weighted by molar-refractivity contribution is 1.36. The molecule has 0 fully saturated rings. The molecule has 2 heteroatoms. The van der Waals surface area contributed by atoms with Crippen molar-refractivity contribution in [3.05, 3.63) is 40.2 Å². The highest BCUT2D eigenvalue weighted by atomic mass is 35.5. The molecule has 1 rings (SSSR count). The maximum atomic E-state index is 5.73. The molecule has 0 heterocycles. The molecule has 10 heavy (non-hydrogen) atoms. The third-order valence-corrected chi connectivity index (χ3v) is 1.71. The fourth-order valence-electron chi connectivity index (χ4n) is 0.680. The third kappa shape index (κ3) is 1.89. The molecule has 1 radical (unpaired) electrons. The van der Waals surface area contributed by atoms with Gasteiger partial charge in [-0.25, -0.2) is 0 Å². The van der Waals surface area contributed by atoms with E-state index in [0.29, 0.717) is 0 Å². The van der Waals surface area contributed by atoms with Crippen LogP contribution in [0.3, 0.4) is 0 Å².